The minimum absolute atomic E-state index is 0.162. The first-order valence-corrected chi connectivity index (χ1v) is 19.0. The van der Waals surface area contributed by atoms with Crippen molar-refractivity contribution in [2.24, 2.45) is 11.8 Å². The minimum atomic E-state index is 0.162. The van der Waals surface area contributed by atoms with Gasteiger partial charge < -0.3 is 20.4 Å². The van der Waals surface area contributed by atoms with Crippen molar-refractivity contribution in [3.8, 4) is 0 Å². The summed E-state index contributed by atoms with van der Waals surface area (Å²) in [6.45, 7) is 15.8. The fourth-order valence-corrected chi connectivity index (χ4v) is 5.01. The lowest BCUT2D eigenvalue weighted by Gasteiger charge is -2.24. The molecule has 0 saturated heterocycles. The molecule has 0 rings (SSSR count). The zero-order valence-corrected chi connectivity index (χ0v) is 30.7. The van der Waals surface area contributed by atoms with Crippen LogP contribution in [-0.4, -0.2) is 54.5 Å². The van der Waals surface area contributed by atoms with Crippen LogP contribution < -0.4 is 5.32 Å². The van der Waals surface area contributed by atoms with Gasteiger partial charge in [0, 0.05) is 33.4 Å². The summed E-state index contributed by atoms with van der Waals surface area (Å²) in [5, 5.41) is 18.3. The van der Waals surface area contributed by atoms with Crippen LogP contribution in [0.25, 0.3) is 0 Å². The third kappa shape index (κ3) is 43.4. The number of nitrogens with one attached hydrogen (secondary N) is 1. The van der Waals surface area contributed by atoms with E-state index in [-0.39, 0.29) is 6.03 Å². The zero-order valence-electron chi connectivity index (χ0n) is 30.7. The van der Waals surface area contributed by atoms with Gasteiger partial charge in [0.25, 0.3) is 0 Å². The SMILES string of the molecule is CC(C)CO.CCCCCCCCCCCCCCN(CCCCCCCCCCCCCC)C(=O)NCC(C)C.CO. The average Bonchev–Trinajstić information content (AvgIpc) is 3.01. The number of rotatable bonds is 29. The maximum absolute atomic E-state index is 12.7. The van der Waals surface area contributed by atoms with Crippen molar-refractivity contribution in [3.63, 3.8) is 0 Å². The topological polar surface area (TPSA) is 72.8 Å². The van der Waals surface area contributed by atoms with Gasteiger partial charge in [0.05, 0.1) is 0 Å². The van der Waals surface area contributed by atoms with Crippen molar-refractivity contribution < 1.29 is 15.0 Å². The second kappa shape index (κ2) is 41.2. The van der Waals surface area contributed by atoms with Crippen LogP contribution in [-0.2, 0) is 0 Å². The molecule has 43 heavy (non-hydrogen) atoms. The van der Waals surface area contributed by atoms with Crippen molar-refractivity contribution in [3.05, 3.63) is 0 Å². The molecule has 0 saturated carbocycles. The van der Waals surface area contributed by atoms with Gasteiger partial charge in [0.2, 0.25) is 0 Å². The molecule has 5 heteroatoms. The lowest BCUT2D eigenvalue weighted by Crippen LogP contribution is -2.42. The summed E-state index contributed by atoms with van der Waals surface area (Å²) in [7, 11) is 1.00. The Morgan fingerprint density at radius 2 is 0.767 bits per heavy atom. The maximum atomic E-state index is 12.7. The molecule has 0 aliphatic heterocycles. The Bertz CT molecular complexity index is 472. The predicted molar refractivity (Wildman–Crippen MR) is 192 cm³/mol. The molecule has 0 aliphatic carbocycles. The van der Waals surface area contributed by atoms with E-state index in [1.165, 1.54) is 141 Å². The highest BCUT2D eigenvalue weighted by molar-refractivity contribution is 5.74. The highest BCUT2D eigenvalue weighted by Gasteiger charge is 2.12. The monoisotopic (exact) mass is 615 g/mol. The number of unbranched alkanes of at least 4 members (excludes halogenated alkanes) is 22. The third-order valence-electron chi connectivity index (χ3n) is 7.88. The molecule has 0 aromatic carbocycles. The number of aliphatic hydroxyl groups excluding tert-OH is 2. The first-order valence-electron chi connectivity index (χ1n) is 19.0. The Kier molecular flexibility index (Phi) is 44.6. The minimum Gasteiger partial charge on any atom is -0.400 e. The van der Waals surface area contributed by atoms with Crippen LogP contribution in [0.4, 0.5) is 4.79 Å². The Hall–Kier alpha value is -0.810. The summed E-state index contributed by atoms with van der Waals surface area (Å²) in [5.74, 6) is 0.948. The molecule has 262 valence electrons. The molecule has 3 N–H and O–H groups in total. The summed E-state index contributed by atoms with van der Waals surface area (Å²) < 4.78 is 0. The molecular formula is C38H82N2O3. The number of hydrogen-bond donors (Lipinski definition) is 3. The van der Waals surface area contributed by atoms with E-state index in [1.807, 2.05) is 13.8 Å². The van der Waals surface area contributed by atoms with Crippen LogP contribution in [0.2, 0.25) is 0 Å². The summed E-state index contributed by atoms with van der Waals surface area (Å²) in [6, 6.07) is 0.162. The molecule has 0 heterocycles. The molecule has 0 atom stereocenters. The highest BCUT2D eigenvalue weighted by atomic mass is 16.3. The van der Waals surface area contributed by atoms with Crippen LogP contribution in [0.5, 0.6) is 0 Å². The second-order valence-electron chi connectivity index (χ2n) is 13.4. The smallest absolute Gasteiger partial charge is 0.317 e. The van der Waals surface area contributed by atoms with Gasteiger partial charge >= 0.3 is 6.03 Å². The average molecular weight is 615 g/mol. The summed E-state index contributed by atoms with van der Waals surface area (Å²) in [5.41, 5.74) is 0. The van der Waals surface area contributed by atoms with Gasteiger partial charge in [-0.2, -0.15) is 0 Å². The molecule has 0 unspecified atom stereocenters. The standard InChI is InChI=1S/C33H68N2O.C4H10O.CH4O/c1-5-7-9-11-13-15-17-19-21-23-25-27-29-35(33(36)34-31-32(3)4)30-28-26-24-22-20-18-16-14-12-10-8-6-2;1-4(2)3-5;1-2/h32H,5-31H2,1-4H3,(H,34,36);4-5H,3H2,1-2H3;2H,1H3. The predicted octanol–water partition coefficient (Wildman–Crippen LogP) is 11.3. The molecular weight excluding hydrogens is 532 g/mol. The number of carbonyl (C=O) groups excluding carboxylic acids is 1. The molecule has 0 aromatic heterocycles. The van der Waals surface area contributed by atoms with Crippen molar-refractivity contribution in [2.45, 2.75) is 196 Å². The number of nitrogens with zero attached hydrogens (tertiary/aromatic N) is 1. The lowest BCUT2D eigenvalue weighted by atomic mass is 10.0. The fraction of sp³-hybridized carbons (Fsp3) is 0.974. The Balaban J connectivity index is -0.00000205. The van der Waals surface area contributed by atoms with Gasteiger partial charge in [-0.15, -0.1) is 0 Å². The third-order valence-corrected chi connectivity index (χ3v) is 7.88. The first kappa shape index (κ1) is 46.6. The van der Waals surface area contributed by atoms with Gasteiger partial charge in [0.15, 0.2) is 0 Å². The van der Waals surface area contributed by atoms with Gasteiger partial charge in [-0.1, -0.05) is 183 Å². The van der Waals surface area contributed by atoms with E-state index in [0.717, 1.165) is 39.6 Å². The maximum Gasteiger partial charge on any atom is 0.317 e. The number of urea groups is 1. The fourth-order valence-electron chi connectivity index (χ4n) is 5.01. The number of hydrogen-bond acceptors (Lipinski definition) is 3. The van der Waals surface area contributed by atoms with Crippen LogP contribution in [0.3, 0.4) is 0 Å². The molecule has 0 fully saturated rings. The van der Waals surface area contributed by atoms with Gasteiger partial charge in [-0.25, -0.2) is 4.79 Å². The van der Waals surface area contributed by atoms with Gasteiger partial charge in [-0.3, -0.25) is 0 Å². The van der Waals surface area contributed by atoms with Crippen molar-refractivity contribution in [1.29, 1.82) is 0 Å². The van der Waals surface area contributed by atoms with Crippen LogP contribution in [0.1, 0.15) is 196 Å². The van der Waals surface area contributed by atoms with Crippen LogP contribution >= 0.6 is 0 Å². The van der Waals surface area contributed by atoms with E-state index in [1.54, 1.807) is 0 Å². The number of aliphatic hydroxyl groups is 2. The number of carbonyl (C=O) groups is 1. The lowest BCUT2D eigenvalue weighted by molar-refractivity contribution is 0.194. The molecule has 2 amide bonds. The summed E-state index contributed by atoms with van der Waals surface area (Å²) >= 11 is 0. The Morgan fingerprint density at radius 3 is 1.00 bits per heavy atom. The molecule has 0 bridgehead atoms. The highest BCUT2D eigenvalue weighted by Crippen LogP contribution is 2.14. The molecule has 5 nitrogen and oxygen atoms in total. The van der Waals surface area contributed by atoms with E-state index in [4.69, 9.17) is 10.2 Å². The van der Waals surface area contributed by atoms with E-state index >= 15 is 0 Å². The van der Waals surface area contributed by atoms with Gasteiger partial charge in [0.1, 0.15) is 0 Å². The zero-order chi connectivity index (χ0) is 32.8. The normalized spacial score (nSPS) is 10.8. The second-order valence-corrected chi connectivity index (χ2v) is 13.4. The number of amides is 2. The van der Waals surface area contributed by atoms with E-state index in [0.29, 0.717) is 18.4 Å². The summed E-state index contributed by atoms with van der Waals surface area (Å²) in [6.07, 6.45) is 32.8. The van der Waals surface area contributed by atoms with Gasteiger partial charge in [-0.05, 0) is 24.7 Å². The van der Waals surface area contributed by atoms with E-state index in [2.05, 4.69) is 37.9 Å². The van der Waals surface area contributed by atoms with E-state index in [9.17, 15) is 4.79 Å². The van der Waals surface area contributed by atoms with E-state index < -0.39 is 0 Å². The van der Waals surface area contributed by atoms with Crippen molar-refractivity contribution >= 4 is 6.03 Å². The first-order chi connectivity index (χ1) is 20.9. The molecule has 0 aliphatic rings. The molecule has 0 radical (unpaired) electrons. The Labute approximate surface area is 271 Å². The largest absolute Gasteiger partial charge is 0.400 e. The Morgan fingerprint density at radius 1 is 0.512 bits per heavy atom. The van der Waals surface area contributed by atoms with Crippen LogP contribution in [0.15, 0.2) is 0 Å². The summed E-state index contributed by atoms with van der Waals surface area (Å²) in [4.78, 5) is 14.8. The molecule has 0 spiro atoms. The van der Waals surface area contributed by atoms with Crippen LogP contribution in [0, 0.1) is 11.8 Å². The van der Waals surface area contributed by atoms with Crippen molar-refractivity contribution in [1.82, 2.24) is 10.2 Å². The molecule has 0 aromatic rings. The van der Waals surface area contributed by atoms with Crippen molar-refractivity contribution in [2.75, 3.05) is 33.4 Å². The quantitative estimate of drug-likeness (QED) is 0.0734.